The van der Waals surface area contributed by atoms with Gasteiger partial charge in [-0.15, -0.1) is 0 Å². The predicted octanol–water partition coefficient (Wildman–Crippen LogP) is 2.16. The monoisotopic (exact) mass is 215 g/mol. The van der Waals surface area contributed by atoms with Crippen LogP contribution in [0.4, 0.5) is 0 Å². The Hall–Kier alpha value is -1.97. The summed E-state index contributed by atoms with van der Waals surface area (Å²) in [5, 5.41) is 0. The first kappa shape index (κ1) is 10.5. The van der Waals surface area contributed by atoms with E-state index in [1.165, 1.54) is 0 Å². The molecule has 0 aliphatic heterocycles. The highest BCUT2D eigenvalue weighted by Crippen LogP contribution is 2.18. The van der Waals surface area contributed by atoms with Crippen molar-refractivity contribution in [2.75, 3.05) is 7.11 Å². The predicted molar refractivity (Wildman–Crippen MR) is 61.3 cm³/mol. The second-order valence-electron chi connectivity index (χ2n) is 3.48. The van der Waals surface area contributed by atoms with Crippen LogP contribution >= 0.6 is 0 Å². The molecule has 1 heterocycles. The van der Waals surface area contributed by atoms with E-state index >= 15 is 0 Å². The largest absolute Gasteiger partial charge is 0.497 e. The third kappa shape index (κ3) is 2.16. The van der Waals surface area contributed by atoms with E-state index < -0.39 is 0 Å². The zero-order valence-electron chi connectivity index (χ0n) is 9.56. The summed E-state index contributed by atoms with van der Waals surface area (Å²) in [5.41, 5.74) is 0.967. The van der Waals surface area contributed by atoms with Gasteiger partial charge >= 0.3 is 0 Å². The topological polar surface area (TPSA) is 47.9 Å². The summed E-state index contributed by atoms with van der Waals surface area (Å²) in [7, 11) is 1.65. The van der Waals surface area contributed by atoms with Crippen LogP contribution in [-0.4, -0.2) is 22.1 Å². The molecular formula is C12H13N3O. The van der Waals surface area contributed by atoms with E-state index in [4.69, 9.17) is 4.74 Å². The second-order valence-corrected chi connectivity index (χ2v) is 3.48. The number of hydrogen-bond acceptors (Lipinski definition) is 4. The van der Waals surface area contributed by atoms with Crippen LogP contribution in [0.15, 0.2) is 24.3 Å². The standard InChI is InChI=1S/C12H13N3O/c1-8-13-9(2)15-12(14-8)10-4-6-11(16-3)7-5-10/h4-7H,1-3H3. The Kier molecular flexibility index (Phi) is 2.81. The molecule has 0 spiro atoms. The van der Waals surface area contributed by atoms with E-state index in [0.717, 1.165) is 23.0 Å². The van der Waals surface area contributed by atoms with Gasteiger partial charge in [-0.3, -0.25) is 0 Å². The number of ether oxygens (including phenoxy) is 1. The van der Waals surface area contributed by atoms with Crippen molar-refractivity contribution >= 4 is 0 Å². The SMILES string of the molecule is COc1ccc(-c2nc(C)nc(C)n2)cc1. The smallest absolute Gasteiger partial charge is 0.163 e. The van der Waals surface area contributed by atoms with Gasteiger partial charge in [0.25, 0.3) is 0 Å². The number of hydrogen-bond donors (Lipinski definition) is 0. The van der Waals surface area contributed by atoms with Crippen LogP contribution in [0.25, 0.3) is 11.4 Å². The molecule has 0 bridgehead atoms. The Bertz CT molecular complexity index is 474. The first-order valence-corrected chi connectivity index (χ1v) is 5.03. The van der Waals surface area contributed by atoms with Crippen molar-refractivity contribution < 1.29 is 4.74 Å². The molecule has 4 heteroatoms. The molecular weight excluding hydrogens is 202 g/mol. The number of aryl methyl sites for hydroxylation is 2. The Balaban J connectivity index is 2.42. The molecule has 2 aromatic rings. The normalized spacial score (nSPS) is 10.2. The van der Waals surface area contributed by atoms with Crippen molar-refractivity contribution in [1.29, 1.82) is 0 Å². The lowest BCUT2D eigenvalue weighted by Crippen LogP contribution is -1.98. The maximum absolute atomic E-state index is 5.10. The number of benzene rings is 1. The molecule has 0 saturated heterocycles. The van der Waals surface area contributed by atoms with Gasteiger partial charge in [0, 0.05) is 5.56 Å². The second kappa shape index (κ2) is 4.26. The van der Waals surface area contributed by atoms with Crippen LogP contribution in [-0.2, 0) is 0 Å². The van der Waals surface area contributed by atoms with Gasteiger partial charge in [-0.1, -0.05) is 0 Å². The first-order valence-electron chi connectivity index (χ1n) is 5.03. The molecule has 0 fully saturated rings. The van der Waals surface area contributed by atoms with Crippen molar-refractivity contribution in [2.45, 2.75) is 13.8 Å². The van der Waals surface area contributed by atoms with Gasteiger partial charge in [-0.2, -0.15) is 0 Å². The minimum absolute atomic E-state index is 0.702. The van der Waals surface area contributed by atoms with E-state index in [2.05, 4.69) is 15.0 Å². The molecule has 0 aliphatic rings. The lowest BCUT2D eigenvalue weighted by molar-refractivity contribution is 0.415. The van der Waals surface area contributed by atoms with Crippen LogP contribution in [0.3, 0.4) is 0 Å². The van der Waals surface area contributed by atoms with Crippen molar-refractivity contribution in [3.8, 4) is 17.1 Å². The molecule has 82 valence electrons. The molecule has 0 saturated carbocycles. The summed E-state index contributed by atoms with van der Waals surface area (Å²) in [4.78, 5) is 12.7. The van der Waals surface area contributed by atoms with Crippen LogP contribution < -0.4 is 4.74 Å². The minimum atomic E-state index is 0.702. The van der Waals surface area contributed by atoms with Gasteiger partial charge in [0.05, 0.1) is 7.11 Å². The molecule has 16 heavy (non-hydrogen) atoms. The highest BCUT2D eigenvalue weighted by Gasteiger charge is 2.03. The van der Waals surface area contributed by atoms with Gasteiger partial charge in [0.1, 0.15) is 17.4 Å². The van der Waals surface area contributed by atoms with Gasteiger partial charge in [-0.25, -0.2) is 15.0 Å². The van der Waals surface area contributed by atoms with Gasteiger partial charge < -0.3 is 4.74 Å². The summed E-state index contributed by atoms with van der Waals surface area (Å²) in [5.74, 6) is 3.00. The molecule has 2 rings (SSSR count). The number of methoxy groups -OCH3 is 1. The number of aromatic nitrogens is 3. The zero-order chi connectivity index (χ0) is 11.5. The van der Waals surface area contributed by atoms with E-state index in [-0.39, 0.29) is 0 Å². The third-order valence-electron chi connectivity index (χ3n) is 2.21. The van der Waals surface area contributed by atoms with E-state index in [9.17, 15) is 0 Å². The summed E-state index contributed by atoms with van der Waals surface area (Å²) in [6, 6.07) is 7.66. The molecule has 1 aromatic carbocycles. The summed E-state index contributed by atoms with van der Waals surface area (Å²) in [6.45, 7) is 3.73. The molecule has 0 N–H and O–H groups in total. The third-order valence-corrected chi connectivity index (χ3v) is 2.21. The van der Waals surface area contributed by atoms with Crippen LogP contribution in [0.2, 0.25) is 0 Å². The Labute approximate surface area is 94.4 Å². The van der Waals surface area contributed by atoms with Crippen LogP contribution in [0.5, 0.6) is 5.75 Å². The number of rotatable bonds is 2. The highest BCUT2D eigenvalue weighted by molar-refractivity contribution is 5.55. The summed E-state index contributed by atoms with van der Waals surface area (Å²) in [6.07, 6.45) is 0. The van der Waals surface area contributed by atoms with Crippen molar-refractivity contribution in [3.63, 3.8) is 0 Å². The summed E-state index contributed by atoms with van der Waals surface area (Å²) < 4.78 is 5.10. The fourth-order valence-corrected chi connectivity index (χ4v) is 1.48. The van der Waals surface area contributed by atoms with Crippen LogP contribution in [0, 0.1) is 13.8 Å². The van der Waals surface area contributed by atoms with E-state index in [1.54, 1.807) is 7.11 Å². The fourth-order valence-electron chi connectivity index (χ4n) is 1.48. The van der Waals surface area contributed by atoms with E-state index in [0.29, 0.717) is 5.82 Å². The van der Waals surface area contributed by atoms with Gasteiger partial charge in [0.15, 0.2) is 5.82 Å². The molecule has 0 radical (unpaired) electrons. The maximum Gasteiger partial charge on any atom is 0.163 e. The van der Waals surface area contributed by atoms with Crippen molar-refractivity contribution in [3.05, 3.63) is 35.9 Å². The molecule has 1 aromatic heterocycles. The maximum atomic E-state index is 5.10. The van der Waals surface area contributed by atoms with Gasteiger partial charge in [-0.05, 0) is 38.1 Å². The Morgan fingerprint density at radius 1 is 0.875 bits per heavy atom. The zero-order valence-corrected chi connectivity index (χ0v) is 9.56. The average molecular weight is 215 g/mol. The Morgan fingerprint density at radius 3 is 1.94 bits per heavy atom. The molecule has 0 atom stereocenters. The van der Waals surface area contributed by atoms with Gasteiger partial charge in [0.2, 0.25) is 0 Å². The molecule has 0 unspecified atom stereocenters. The average Bonchev–Trinajstić information content (AvgIpc) is 2.28. The summed E-state index contributed by atoms with van der Waals surface area (Å²) >= 11 is 0. The molecule has 4 nitrogen and oxygen atoms in total. The quantitative estimate of drug-likeness (QED) is 0.770. The van der Waals surface area contributed by atoms with E-state index in [1.807, 2.05) is 38.1 Å². The van der Waals surface area contributed by atoms with Crippen molar-refractivity contribution in [2.24, 2.45) is 0 Å². The first-order chi connectivity index (χ1) is 7.69. The van der Waals surface area contributed by atoms with Crippen LogP contribution in [0.1, 0.15) is 11.6 Å². The lowest BCUT2D eigenvalue weighted by atomic mass is 10.2. The molecule has 0 aliphatic carbocycles. The fraction of sp³-hybridized carbons (Fsp3) is 0.250. The Morgan fingerprint density at radius 2 is 1.44 bits per heavy atom. The van der Waals surface area contributed by atoms with Crippen molar-refractivity contribution in [1.82, 2.24) is 15.0 Å². The molecule has 0 amide bonds. The lowest BCUT2D eigenvalue weighted by Gasteiger charge is -2.03. The number of nitrogens with zero attached hydrogens (tertiary/aromatic N) is 3. The highest BCUT2D eigenvalue weighted by atomic mass is 16.5. The minimum Gasteiger partial charge on any atom is -0.497 e.